The molecule has 0 radical (unpaired) electrons. The van der Waals surface area contributed by atoms with Gasteiger partial charge in [-0.1, -0.05) is 12.1 Å². The van der Waals surface area contributed by atoms with Gasteiger partial charge in [-0.15, -0.1) is 16.4 Å². The lowest BCUT2D eigenvalue weighted by atomic mass is 9.87. The number of benzene rings is 1. The summed E-state index contributed by atoms with van der Waals surface area (Å²) in [5, 5.41) is 9.30. The van der Waals surface area contributed by atoms with Crippen molar-refractivity contribution in [1.82, 2.24) is 10.2 Å². The summed E-state index contributed by atoms with van der Waals surface area (Å²) in [4.78, 5) is 4.67. The first-order chi connectivity index (χ1) is 12.6. The molecule has 3 N–H and O–H groups in total. The van der Waals surface area contributed by atoms with Crippen molar-refractivity contribution in [2.24, 2.45) is 5.73 Å². The highest BCUT2D eigenvalue weighted by atomic mass is 79.9. The molecule has 1 atom stereocenters. The monoisotopic (exact) mass is 428 g/mol. The average molecular weight is 429 g/mol. The fourth-order valence-corrected chi connectivity index (χ4v) is 4.32. The van der Waals surface area contributed by atoms with E-state index in [1.165, 1.54) is 0 Å². The van der Waals surface area contributed by atoms with Gasteiger partial charge in [-0.3, -0.25) is 5.10 Å². The van der Waals surface area contributed by atoms with E-state index < -0.39 is 0 Å². The lowest BCUT2D eigenvalue weighted by Crippen LogP contribution is -2.20. The van der Waals surface area contributed by atoms with Crippen molar-refractivity contribution in [3.8, 4) is 22.2 Å². The molecule has 1 aromatic carbocycles. The van der Waals surface area contributed by atoms with E-state index in [-0.39, 0.29) is 11.8 Å². The van der Waals surface area contributed by atoms with E-state index >= 15 is 0 Å². The molecule has 3 aromatic rings. The summed E-state index contributed by atoms with van der Waals surface area (Å²) in [5.74, 6) is 0.811. The Morgan fingerprint density at radius 3 is 2.92 bits per heavy atom. The van der Waals surface area contributed by atoms with Crippen LogP contribution in [0.15, 0.2) is 51.8 Å². The zero-order chi connectivity index (χ0) is 18.3. The van der Waals surface area contributed by atoms with Crippen molar-refractivity contribution in [3.63, 3.8) is 0 Å². The molecule has 0 bridgehead atoms. The van der Waals surface area contributed by atoms with Gasteiger partial charge in [-0.2, -0.15) is 0 Å². The van der Waals surface area contributed by atoms with Crippen LogP contribution in [-0.4, -0.2) is 17.3 Å². The first-order valence-corrected chi connectivity index (χ1v) is 9.31. The number of halogens is 1. The Balaban J connectivity index is 1.94. The SMILES string of the molecule is [C-]#[N+]C1=C(N)Oc2n[nH]c(-c3cccs3)c2C1c1ccc(OC)c(Br)c1. The summed E-state index contributed by atoms with van der Waals surface area (Å²) in [6, 6.07) is 9.68. The van der Waals surface area contributed by atoms with Gasteiger partial charge in [0.1, 0.15) is 5.75 Å². The normalized spacial score (nSPS) is 16.0. The number of fused-ring (bicyclic) bond motifs is 1. The van der Waals surface area contributed by atoms with Gasteiger partial charge in [0, 0.05) is 5.56 Å². The second-order valence-corrected chi connectivity index (χ2v) is 7.39. The second kappa shape index (κ2) is 6.52. The first kappa shape index (κ1) is 16.7. The van der Waals surface area contributed by atoms with Gasteiger partial charge < -0.3 is 15.2 Å². The summed E-state index contributed by atoms with van der Waals surface area (Å²) < 4.78 is 11.7. The summed E-state index contributed by atoms with van der Waals surface area (Å²) in [6.07, 6.45) is 0. The molecule has 1 aliphatic heterocycles. The molecule has 0 saturated carbocycles. The zero-order valence-electron chi connectivity index (χ0n) is 13.6. The maximum absolute atomic E-state index is 7.62. The number of allylic oxidation sites excluding steroid dienone is 1. The van der Waals surface area contributed by atoms with Gasteiger partial charge in [-0.05, 0) is 45.1 Å². The summed E-state index contributed by atoms with van der Waals surface area (Å²) in [5.41, 5.74) is 8.89. The van der Waals surface area contributed by atoms with E-state index in [0.29, 0.717) is 17.3 Å². The van der Waals surface area contributed by atoms with Gasteiger partial charge in [0.2, 0.25) is 11.6 Å². The Morgan fingerprint density at radius 2 is 2.27 bits per heavy atom. The number of nitrogens with two attached hydrogens (primary N) is 1. The quantitative estimate of drug-likeness (QED) is 0.602. The lowest BCUT2D eigenvalue weighted by Gasteiger charge is -2.24. The largest absolute Gasteiger partial charge is 0.496 e. The molecule has 1 unspecified atom stereocenters. The van der Waals surface area contributed by atoms with Crippen LogP contribution in [0.1, 0.15) is 17.0 Å². The molecule has 1 aliphatic rings. The fourth-order valence-electron chi connectivity index (χ4n) is 3.03. The van der Waals surface area contributed by atoms with E-state index in [4.69, 9.17) is 21.8 Å². The summed E-state index contributed by atoms with van der Waals surface area (Å²) in [6.45, 7) is 7.62. The Hall–Kier alpha value is -2.76. The molecule has 8 heteroatoms. The minimum Gasteiger partial charge on any atom is -0.496 e. The van der Waals surface area contributed by atoms with Crippen molar-refractivity contribution >= 4 is 27.3 Å². The Morgan fingerprint density at radius 1 is 1.42 bits per heavy atom. The number of aromatic amines is 1. The Kier molecular flexibility index (Phi) is 4.18. The number of nitrogens with one attached hydrogen (secondary N) is 1. The summed E-state index contributed by atoms with van der Waals surface area (Å²) in [7, 11) is 1.61. The van der Waals surface area contributed by atoms with E-state index in [2.05, 4.69) is 31.0 Å². The van der Waals surface area contributed by atoms with Crippen molar-refractivity contribution in [2.75, 3.05) is 7.11 Å². The van der Waals surface area contributed by atoms with E-state index in [9.17, 15) is 0 Å². The number of nitrogens with zero attached hydrogens (tertiary/aromatic N) is 2. The highest BCUT2D eigenvalue weighted by Crippen LogP contribution is 2.47. The third-order valence-electron chi connectivity index (χ3n) is 4.19. The van der Waals surface area contributed by atoms with Crippen molar-refractivity contribution in [1.29, 1.82) is 0 Å². The molecule has 0 amide bonds. The second-order valence-electron chi connectivity index (χ2n) is 5.59. The van der Waals surface area contributed by atoms with Gasteiger partial charge in [0.15, 0.2) is 5.88 Å². The minimum absolute atomic E-state index is 0.0775. The van der Waals surface area contributed by atoms with Crippen LogP contribution in [0.2, 0.25) is 0 Å². The highest BCUT2D eigenvalue weighted by molar-refractivity contribution is 9.10. The van der Waals surface area contributed by atoms with Crippen LogP contribution in [0, 0.1) is 6.57 Å². The zero-order valence-corrected chi connectivity index (χ0v) is 16.0. The lowest BCUT2D eigenvalue weighted by molar-refractivity contribution is 0.378. The van der Waals surface area contributed by atoms with Crippen LogP contribution in [0.25, 0.3) is 15.4 Å². The highest BCUT2D eigenvalue weighted by Gasteiger charge is 2.36. The third kappa shape index (κ3) is 2.57. The molecule has 130 valence electrons. The van der Waals surface area contributed by atoms with Crippen LogP contribution >= 0.6 is 27.3 Å². The third-order valence-corrected chi connectivity index (χ3v) is 5.69. The molecule has 2 aromatic heterocycles. The van der Waals surface area contributed by atoms with Gasteiger partial charge >= 0.3 is 0 Å². The minimum atomic E-state index is -0.380. The van der Waals surface area contributed by atoms with Crippen LogP contribution in [0.5, 0.6) is 11.6 Å². The molecular formula is C18H13BrN4O2S. The number of H-pyrrole nitrogens is 1. The molecule has 3 heterocycles. The maximum atomic E-state index is 7.62. The number of rotatable bonds is 3. The molecule has 0 fully saturated rings. The van der Waals surface area contributed by atoms with Gasteiger partial charge in [0.05, 0.1) is 34.6 Å². The predicted molar refractivity (Wildman–Crippen MR) is 103 cm³/mol. The van der Waals surface area contributed by atoms with Crippen LogP contribution in [0.3, 0.4) is 0 Å². The number of thiophene rings is 1. The molecule has 4 rings (SSSR count). The molecule has 6 nitrogen and oxygen atoms in total. The molecule has 0 saturated heterocycles. The fraction of sp³-hybridized carbons (Fsp3) is 0.111. The predicted octanol–water partition coefficient (Wildman–Crippen LogP) is 4.48. The topological polar surface area (TPSA) is 77.5 Å². The number of aromatic nitrogens is 2. The van der Waals surface area contributed by atoms with Crippen molar-refractivity contribution < 1.29 is 9.47 Å². The standard InChI is InChI=1S/C18H13BrN4O2S/c1-21-16-13(9-5-6-11(24-2)10(19)8-9)14-15(12-4-3-7-26-12)22-23-18(14)25-17(16)20/h3-8,13H,20H2,2H3,(H,22,23). The van der Waals surface area contributed by atoms with E-state index in [1.807, 2.05) is 35.7 Å². The number of hydrogen-bond acceptors (Lipinski definition) is 5. The smallest absolute Gasteiger partial charge is 0.241 e. The maximum Gasteiger partial charge on any atom is 0.241 e. The van der Waals surface area contributed by atoms with Crippen molar-refractivity contribution in [2.45, 2.75) is 5.92 Å². The van der Waals surface area contributed by atoms with Gasteiger partial charge in [0.25, 0.3) is 0 Å². The average Bonchev–Trinajstić information content (AvgIpc) is 3.29. The molecular weight excluding hydrogens is 416 g/mol. The van der Waals surface area contributed by atoms with Crippen LogP contribution in [-0.2, 0) is 0 Å². The molecule has 0 spiro atoms. The van der Waals surface area contributed by atoms with Crippen molar-refractivity contribution in [3.05, 3.63) is 74.3 Å². The van der Waals surface area contributed by atoms with Crippen LogP contribution in [0.4, 0.5) is 0 Å². The first-order valence-electron chi connectivity index (χ1n) is 7.64. The summed E-state index contributed by atoms with van der Waals surface area (Å²) >= 11 is 5.11. The Bertz CT molecular complexity index is 1050. The number of methoxy groups -OCH3 is 1. The molecule has 0 aliphatic carbocycles. The Labute approximate surface area is 162 Å². The number of hydrogen-bond donors (Lipinski definition) is 2. The number of ether oxygens (including phenoxy) is 2. The van der Waals surface area contributed by atoms with Gasteiger partial charge in [-0.25, -0.2) is 4.85 Å². The van der Waals surface area contributed by atoms with E-state index in [1.54, 1.807) is 18.4 Å². The van der Waals surface area contributed by atoms with Crippen LogP contribution < -0.4 is 15.2 Å². The van der Waals surface area contributed by atoms with E-state index in [0.717, 1.165) is 26.2 Å². The molecule has 26 heavy (non-hydrogen) atoms.